The fourth-order valence-electron chi connectivity index (χ4n) is 5.22. The lowest BCUT2D eigenvalue weighted by atomic mass is 10.1. The predicted molar refractivity (Wildman–Crippen MR) is 134 cm³/mol. The van der Waals surface area contributed by atoms with E-state index in [0.29, 0.717) is 12.5 Å². The topological polar surface area (TPSA) is 65.6 Å². The van der Waals surface area contributed by atoms with E-state index >= 15 is 0 Å². The van der Waals surface area contributed by atoms with Crippen molar-refractivity contribution in [3.8, 4) is 28.8 Å². The molecule has 0 N–H and O–H groups in total. The van der Waals surface area contributed by atoms with Crippen molar-refractivity contribution in [3.05, 3.63) is 48.0 Å². The molecule has 2 aliphatic heterocycles. The second-order valence-electron chi connectivity index (χ2n) is 9.97. The maximum Gasteiger partial charge on any atom is 0.121 e. The fourth-order valence-corrected chi connectivity index (χ4v) is 5.22. The summed E-state index contributed by atoms with van der Waals surface area (Å²) in [6.45, 7) is 3.84. The van der Waals surface area contributed by atoms with Gasteiger partial charge in [-0.05, 0) is 73.6 Å². The average Bonchev–Trinajstić information content (AvgIpc) is 3.46. The Labute approximate surface area is 206 Å². The van der Waals surface area contributed by atoms with Crippen LogP contribution in [0.2, 0.25) is 0 Å². The van der Waals surface area contributed by atoms with Crippen molar-refractivity contribution in [2.75, 3.05) is 26.4 Å². The molecule has 1 atom stereocenters. The number of fused-ring (bicyclic) bond motifs is 1. The maximum absolute atomic E-state index is 10.2. The Balaban J connectivity index is 1.32. The summed E-state index contributed by atoms with van der Waals surface area (Å²) in [5.41, 5.74) is 3.83. The molecule has 3 heterocycles. The van der Waals surface area contributed by atoms with Gasteiger partial charge >= 0.3 is 0 Å². The summed E-state index contributed by atoms with van der Waals surface area (Å²) >= 11 is 0. The van der Waals surface area contributed by atoms with Crippen molar-refractivity contribution in [1.29, 1.82) is 5.26 Å². The quantitative estimate of drug-likeness (QED) is 0.420. The van der Waals surface area contributed by atoms with E-state index in [0.717, 1.165) is 91.3 Å². The highest BCUT2D eigenvalue weighted by molar-refractivity contribution is 5.95. The molecule has 6 rings (SSSR count). The van der Waals surface area contributed by atoms with E-state index in [4.69, 9.17) is 18.9 Å². The van der Waals surface area contributed by atoms with E-state index < -0.39 is 0 Å². The molecule has 0 amide bonds. The summed E-state index contributed by atoms with van der Waals surface area (Å²) in [6, 6.07) is 16.8. The van der Waals surface area contributed by atoms with Crippen LogP contribution in [-0.4, -0.2) is 43.2 Å². The molecular weight excluding hydrogens is 440 g/mol. The molecule has 2 aromatic carbocycles. The first-order valence-corrected chi connectivity index (χ1v) is 12.9. The zero-order valence-corrected chi connectivity index (χ0v) is 20.1. The van der Waals surface area contributed by atoms with Crippen LogP contribution in [0.1, 0.15) is 44.1 Å². The molecule has 3 fully saturated rings. The van der Waals surface area contributed by atoms with Crippen LogP contribution in [0, 0.1) is 17.2 Å². The van der Waals surface area contributed by atoms with E-state index in [-0.39, 0.29) is 12.2 Å². The van der Waals surface area contributed by atoms with Gasteiger partial charge in [-0.15, -0.1) is 0 Å². The lowest BCUT2D eigenvalue weighted by Crippen LogP contribution is -2.25. The first kappa shape index (κ1) is 22.5. The molecule has 2 saturated heterocycles. The van der Waals surface area contributed by atoms with E-state index in [1.165, 1.54) is 12.8 Å². The summed E-state index contributed by atoms with van der Waals surface area (Å²) in [5, 5.41) is 11.2. The Morgan fingerprint density at radius 1 is 0.943 bits per heavy atom. The molecule has 6 heteroatoms. The second kappa shape index (κ2) is 9.93. The number of nitrogens with zero attached hydrogens (tertiary/aromatic N) is 2. The summed E-state index contributed by atoms with van der Waals surface area (Å²) in [5.74, 6) is 2.37. The van der Waals surface area contributed by atoms with Gasteiger partial charge in [0.25, 0.3) is 0 Å². The van der Waals surface area contributed by atoms with Gasteiger partial charge in [0.2, 0.25) is 0 Å². The Morgan fingerprint density at radius 2 is 1.74 bits per heavy atom. The van der Waals surface area contributed by atoms with Gasteiger partial charge in [-0.1, -0.05) is 0 Å². The number of hydrogen-bond acceptors (Lipinski definition) is 5. The van der Waals surface area contributed by atoms with Gasteiger partial charge in [-0.25, -0.2) is 0 Å². The highest BCUT2D eigenvalue weighted by Crippen LogP contribution is 2.40. The van der Waals surface area contributed by atoms with Crippen LogP contribution in [0.4, 0.5) is 0 Å². The Bertz CT molecular complexity index is 1210. The zero-order chi connectivity index (χ0) is 23.6. The maximum atomic E-state index is 10.2. The number of benzene rings is 2. The van der Waals surface area contributed by atoms with E-state index in [1.54, 1.807) is 0 Å². The van der Waals surface area contributed by atoms with E-state index in [9.17, 15) is 5.26 Å². The molecule has 35 heavy (non-hydrogen) atoms. The molecule has 0 bridgehead atoms. The van der Waals surface area contributed by atoms with Gasteiger partial charge < -0.3 is 23.5 Å². The lowest BCUT2D eigenvalue weighted by molar-refractivity contribution is 0.0256. The van der Waals surface area contributed by atoms with Gasteiger partial charge in [-0.2, -0.15) is 5.26 Å². The van der Waals surface area contributed by atoms with Crippen molar-refractivity contribution < 1.29 is 18.9 Å². The Kier molecular flexibility index (Phi) is 6.37. The standard InChI is InChI=1S/C29H32N2O4/c30-17-27-26-10-9-24(35-23-11-14-32-15-12-23)16-28(26)31(18-20-3-4-20)29(27)21-5-7-22(8-6-21)34-19-25-2-1-13-33-25/h5-10,16,20,23,25H,1-4,11-15,18-19H2/t25-/m1/s1. The first-order chi connectivity index (χ1) is 17.3. The van der Waals surface area contributed by atoms with E-state index in [2.05, 4.69) is 34.9 Å². The SMILES string of the molecule is N#Cc1c(-c2ccc(OC[C@H]3CCCO3)cc2)n(CC2CC2)c2cc(OC3CCOCC3)ccc12. The van der Waals surface area contributed by atoms with Crippen molar-refractivity contribution in [2.24, 2.45) is 5.92 Å². The summed E-state index contributed by atoms with van der Waals surface area (Å²) < 4.78 is 25.8. The smallest absolute Gasteiger partial charge is 0.121 e. The molecule has 1 saturated carbocycles. The van der Waals surface area contributed by atoms with Crippen LogP contribution < -0.4 is 9.47 Å². The molecule has 1 aromatic heterocycles. The summed E-state index contributed by atoms with van der Waals surface area (Å²) in [4.78, 5) is 0. The number of rotatable bonds is 8. The van der Waals surface area contributed by atoms with Crippen molar-refractivity contribution in [3.63, 3.8) is 0 Å². The van der Waals surface area contributed by atoms with Crippen LogP contribution in [0.25, 0.3) is 22.2 Å². The van der Waals surface area contributed by atoms with Gasteiger partial charge in [0.05, 0.1) is 36.1 Å². The van der Waals surface area contributed by atoms with Crippen molar-refractivity contribution in [2.45, 2.75) is 57.3 Å². The minimum atomic E-state index is 0.185. The third-order valence-corrected chi connectivity index (χ3v) is 7.34. The number of ether oxygens (including phenoxy) is 4. The number of nitriles is 1. The molecule has 3 aromatic rings. The molecule has 0 spiro atoms. The van der Waals surface area contributed by atoms with Gasteiger partial charge in [-0.3, -0.25) is 0 Å². The van der Waals surface area contributed by atoms with Gasteiger partial charge in [0, 0.05) is 37.4 Å². The van der Waals surface area contributed by atoms with Crippen LogP contribution in [0.3, 0.4) is 0 Å². The molecule has 182 valence electrons. The molecule has 1 aliphatic carbocycles. The average molecular weight is 473 g/mol. The lowest BCUT2D eigenvalue weighted by Gasteiger charge is -2.23. The van der Waals surface area contributed by atoms with Gasteiger partial charge in [0.15, 0.2) is 0 Å². The largest absolute Gasteiger partial charge is 0.491 e. The summed E-state index contributed by atoms with van der Waals surface area (Å²) in [6.07, 6.45) is 6.87. The van der Waals surface area contributed by atoms with Crippen LogP contribution in [-0.2, 0) is 16.0 Å². The van der Waals surface area contributed by atoms with Crippen LogP contribution >= 0.6 is 0 Å². The monoisotopic (exact) mass is 472 g/mol. The van der Waals surface area contributed by atoms with Crippen LogP contribution in [0.5, 0.6) is 11.5 Å². The third kappa shape index (κ3) is 4.89. The van der Waals surface area contributed by atoms with Crippen molar-refractivity contribution >= 4 is 10.9 Å². The number of aromatic nitrogens is 1. The summed E-state index contributed by atoms with van der Waals surface area (Å²) in [7, 11) is 0. The zero-order valence-electron chi connectivity index (χ0n) is 20.1. The molecule has 3 aliphatic rings. The number of hydrogen-bond donors (Lipinski definition) is 0. The van der Waals surface area contributed by atoms with Crippen LogP contribution in [0.15, 0.2) is 42.5 Å². The highest BCUT2D eigenvalue weighted by Gasteiger charge is 2.27. The molecule has 0 unspecified atom stereocenters. The molecule has 0 radical (unpaired) electrons. The minimum absolute atomic E-state index is 0.185. The Hall–Kier alpha value is -3.01. The first-order valence-electron chi connectivity index (χ1n) is 12.9. The predicted octanol–water partition coefficient (Wildman–Crippen LogP) is 5.71. The highest BCUT2D eigenvalue weighted by atomic mass is 16.5. The van der Waals surface area contributed by atoms with E-state index in [1.807, 2.05) is 18.2 Å². The van der Waals surface area contributed by atoms with Crippen molar-refractivity contribution in [1.82, 2.24) is 4.57 Å². The molecular formula is C29H32N2O4. The normalized spacial score (nSPS) is 20.7. The molecule has 6 nitrogen and oxygen atoms in total. The second-order valence-corrected chi connectivity index (χ2v) is 9.97. The Morgan fingerprint density at radius 3 is 2.46 bits per heavy atom. The third-order valence-electron chi connectivity index (χ3n) is 7.34. The minimum Gasteiger partial charge on any atom is -0.491 e. The fraction of sp³-hybridized carbons (Fsp3) is 0.483. The van der Waals surface area contributed by atoms with Gasteiger partial charge in [0.1, 0.15) is 30.3 Å².